The van der Waals surface area contributed by atoms with E-state index in [4.69, 9.17) is 19.7 Å². The minimum absolute atomic E-state index is 0.328. The molecular formula is C49H89NO6. The standard InChI is InChI=1S/C49H89NO6/c1-50(2)44-45-41-46(55-39-35-31-27-23-19-15-11-7-3-5-9-13-17-21-25-29-33-37-48(51)52)43-47(42-45)56-40-36-32-28-24-20-16-12-8-4-6-10-14-18-22-26-30-34-38-49(53)54/h41-43H,3-40,44H2,1-2H3,(H,51,52)(H,53,54). The van der Waals surface area contributed by atoms with Gasteiger partial charge in [0.25, 0.3) is 0 Å². The van der Waals surface area contributed by atoms with Crippen LogP contribution in [0.1, 0.15) is 237 Å². The summed E-state index contributed by atoms with van der Waals surface area (Å²) in [5.41, 5.74) is 1.24. The fraction of sp³-hybridized carbons (Fsp3) is 0.837. The van der Waals surface area contributed by atoms with Gasteiger partial charge in [0.1, 0.15) is 11.5 Å². The molecule has 0 aliphatic heterocycles. The van der Waals surface area contributed by atoms with Crippen LogP contribution in [-0.2, 0) is 16.1 Å². The molecule has 1 aromatic carbocycles. The Morgan fingerprint density at radius 3 is 0.857 bits per heavy atom. The highest BCUT2D eigenvalue weighted by Crippen LogP contribution is 2.25. The monoisotopic (exact) mass is 788 g/mol. The molecule has 0 aliphatic carbocycles. The van der Waals surface area contributed by atoms with Crippen LogP contribution in [0.15, 0.2) is 18.2 Å². The van der Waals surface area contributed by atoms with Crippen molar-refractivity contribution < 1.29 is 29.3 Å². The number of hydrogen-bond donors (Lipinski definition) is 2. The van der Waals surface area contributed by atoms with Gasteiger partial charge in [-0.15, -0.1) is 0 Å². The Kier molecular flexibility index (Phi) is 36.5. The molecule has 0 saturated heterocycles. The quantitative estimate of drug-likeness (QED) is 0.0636. The molecule has 2 N–H and O–H groups in total. The molecule has 0 aromatic heterocycles. The van der Waals surface area contributed by atoms with Crippen molar-refractivity contribution in [3.05, 3.63) is 23.8 Å². The summed E-state index contributed by atoms with van der Waals surface area (Å²) < 4.78 is 12.4. The van der Waals surface area contributed by atoms with Crippen LogP contribution in [0.3, 0.4) is 0 Å². The molecular weight excluding hydrogens is 699 g/mol. The zero-order valence-electron chi connectivity index (χ0n) is 36.8. The summed E-state index contributed by atoms with van der Waals surface area (Å²) in [6, 6.07) is 6.44. The molecule has 0 heterocycles. The van der Waals surface area contributed by atoms with Gasteiger partial charge in [-0.05, 0) is 57.5 Å². The van der Waals surface area contributed by atoms with Gasteiger partial charge in [0.05, 0.1) is 13.2 Å². The fourth-order valence-electron chi connectivity index (χ4n) is 7.69. The number of carbonyl (C=O) groups is 2. The van der Waals surface area contributed by atoms with Crippen molar-refractivity contribution in [2.24, 2.45) is 0 Å². The summed E-state index contributed by atoms with van der Waals surface area (Å²) in [6.45, 7) is 2.43. The zero-order valence-corrected chi connectivity index (χ0v) is 36.8. The molecule has 326 valence electrons. The van der Waals surface area contributed by atoms with Gasteiger partial charge < -0.3 is 24.6 Å². The van der Waals surface area contributed by atoms with Gasteiger partial charge in [0, 0.05) is 25.5 Å². The van der Waals surface area contributed by atoms with E-state index in [1.165, 1.54) is 185 Å². The van der Waals surface area contributed by atoms with E-state index in [2.05, 4.69) is 37.2 Å². The van der Waals surface area contributed by atoms with Gasteiger partial charge in [0.2, 0.25) is 0 Å². The summed E-state index contributed by atoms with van der Waals surface area (Å²) in [7, 11) is 4.21. The Morgan fingerprint density at radius 1 is 0.393 bits per heavy atom. The summed E-state index contributed by atoms with van der Waals surface area (Å²) in [5, 5.41) is 17.4. The predicted molar refractivity (Wildman–Crippen MR) is 236 cm³/mol. The molecule has 7 nitrogen and oxygen atoms in total. The Hall–Kier alpha value is -2.28. The summed E-state index contributed by atoms with van der Waals surface area (Å²) in [4.78, 5) is 23.3. The minimum Gasteiger partial charge on any atom is -0.493 e. The summed E-state index contributed by atoms with van der Waals surface area (Å²) >= 11 is 0. The second-order valence-electron chi connectivity index (χ2n) is 17.1. The van der Waals surface area contributed by atoms with Crippen molar-refractivity contribution in [3.63, 3.8) is 0 Å². The Bertz CT molecular complexity index is 958. The van der Waals surface area contributed by atoms with Crippen LogP contribution in [0.2, 0.25) is 0 Å². The third kappa shape index (κ3) is 37.3. The van der Waals surface area contributed by atoms with Crippen LogP contribution in [0.25, 0.3) is 0 Å². The average Bonchev–Trinajstić information content (AvgIpc) is 3.15. The highest BCUT2D eigenvalue weighted by molar-refractivity contribution is 5.66. The minimum atomic E-state index is -0.662. The number of carboxylic acids is 2. The molecule has 0 fully saturated rings. The lowest BCUT2D eigenvalue weighted by Gasteiger charge is -2.15. The first kappa shape index (κ1) is 51.7. The molecule has 0 saturated carbocycles. The second-order valence-corrected chi connectivity index (χ2v) is 17.1. The number of ether oxygens (including phenoxy) is 2. The van der Waals surface area contributed by atoms with E-state index < -0.39 is 11.9 Å². The molecule has 0 atom stereocenters. The maximum absolute atomic E-state index is 10.5. The molecule has 1 rings (SSSR count). The normalized spacial score (nSPS) is 11.4. The first-order valence-electron chi connectivity index (χ1n) is 23.8. The third-order valence-electron chi connectivity index (χ3n) is 11.0. The highest BCUT2D eigenvalue weighted by Gasteiger charge is 2.06. The molecule has 0 unspecified atom stereocenters. The molecule has 0 amide bonds. The predicted octanol–water partition coefficient (Wildman–Crippen LogP) is 14.7. The van der Waals surface area contributed by atoms with Crippen LogP contribution >= 0.6 is 0 Å². The highest BCUT2D eigenvalue weighted by atomic mass is 16.5. The van der Waals surface area contributed by atoms with Crippen molar-refractivity contribution in [2.45, 2.75) is 238 Å². The SMILES string of the molecule is CN(C)Cc1cc(OCCCCCCCCCCCCCCCCCCCC(=O)O)cc(OCCCCCCCCCCCCCCCCCCCC(=O)O)c1. The molecule has 0 radical (unpaired) electrons. The van der Waals surface area contributed by atoms with E-state index in [1.807, 2.05) is 0 Å². The van der Waals surface area contributed by atoms with Gasteiger partial charge >= 0.3 is 11.9 Å². The lowest BCUT2D eigenvalue weighted by Crippen LogP contribution is -2.11. The van der Waals surface area contributed by atoms with Crippen LogP contribution in [0.5, 0.6) is 11.5 Å². The Morgan fingerprint density at radius 2 is 0.625 bits per heavy atom. The Balaban J connectivity index is 1.98. The number of nitrogens with zero attached hydrogens (tertiary/aromatic N) is 1. The molecule has 0 aliphatic rings. The topological polar surface area (TPSA) is 96.3 Å². The maximum atomic E-state index is 10.5. The largest absolute Gasteiger partial charge is 0.493 e. The lowest BCUT2D eigenvalue weighted by atomic mass is 10.0. The molecule has 1 aromatic rings. The van der Waals surface area contributed by atoms with Crippen LogP contribution in [0, 0.1) is 0 Å². The van der Waals surface area contributed by atoms with E-state index in [9.17, 15) is 9.59 Å². The third-order valence-corrected chi connectivity index (χ3v) is 11.0. The van der Waals surface area contributed by atoms with Crippen LogP contribution in [-0.4, -0.2) is 54.4 Å². The number of unbranched alkanes of at least 4 members (excludes halogenated alkanes) is 32. The van der Waals surface area contributed by atoms with E-state index in [1.54, 1.807) is 0 Å². The molecule has 56 heavy (non-hydrogen) atoms. The number of carboxylic acid groups (broad SMARTS) is 2. The van der Waals surface area contributed by atoms with Crippen molar-refractivity contribution >= 4 is 11.9 Å². The van der Waals surface area contributed by atoms with Crippen LogP contribution < -0.4 is 9.47 Å². The lowest BCUT2D eigenvalue weighted by molar-refractivity contribution is -0.138. The fourth-order valence-corrected chi connectivity index (χ4v) is 7.69. The van der Waals surface area contributed by atoms with Gasteiger partial charge in [-0.1, -0.05) is 193 Å². The van der Waals surface area contributed by atoms with Crippen LogP contribution in [0.4, 0.5) is 0 Å². The Labute approximate surface area is 345 Å². The van der Waals surface area contributed by atoms with Crippen molar-refractivity contribution in [1.29, 1.82) is 0 Å². The van der Waals surface area contributed by atoms with E-state index in [-0.39, 0.29) is 0 Å². The van der Waals surface area contributed by atoms with E-state index in [0.29, 0.717) is 12.8 Å². The van der Waals surface area contributed by atoms with Gasteiger partial charge in [-0.3, -0.25) is 9.59 Å². The first-order chi connectivity index (χ1) is 27.4. The summed E-state index contributed by atoms with van der Waals surface area (Å²) in [6.07, 6.45) is 43.9. The molecule has 0 bridgehead atoms. The zero-order chi connectivity index (χ0) is 40.6. The number of benzene rings is 1. The van der Waals surface area contributed by atoms with Gasteiger partial charge in [-0.25, -0.2) is 0 Å². The number of hydrogen-bond acceptors (Lipinski definition) is 5. The number of aliphatic carboxylic acids is 2. The van der Waals surface area contributed by atoms with E-state index >= 15 is 0 Å². The second kappa shape index (κ2) is 39.5. The molecule has 7 heteroatoms. The van der Waals surface area contributed by atoms with Gasteiger partial charge in [0.15, 0.2) is 0 Å². The van der Waals surface area contributed by atoms with Crippen molar-refractivity contribution in [1.82, 2.24) is 4.90 Å². The first-order valence-corrected chi connectivity index (χ1v) is 23.8. The summed E-state index contributed by atoms with van der Waals surface area (Å²) in [5.74, 6) is 0.553. The molecule has 0 spiro atoms. The number of rotatable bonds is 44. The van der Waals surface area contributed by atoms with Crippen molar-refractivity contribution in [2.75, 3.05) is 27.3 Å². The van der Waals surface area contributed by atoms with Gasteiger partial charge in [-0.2, -0.15) is 0 Å². The van der Waals surface area contributed by atoms with Crippen molar-refractivity contribution in [3.8, 4) is 11.5 Å². The maximum Gasteiger partial charge on any atom is 0.303 e. The van der Waals surface area contributed by atoms with E-state index in [0.717, 1.165) is 69.8 Å². The average molecular weight is 788 g/mol. The smallest absolute Gasteiger partial charge is 0.303 e.